The summed E-state index contributed by atoms with van der Waals surface area (Å²) in [6.07, 6.45) is 2.62. The zero-order valence-corrected chi connectivity index (χ0v) is 10.3. The molecular weight excluding hydrogens is 224 g/mol. The number of nitrogens with zero attached hydrogens (tertiary/aromatic N) is 1. The predicted octanol–water partition coefficient (Wildman–Crippen LogP) is 1.75. The van der Waals surface area contributed by atoms with Crippen molar-refractivity contribution in [3.05, 3.63) is 16.6 Å². The SMILES string of the molecule is CC[C@@H](NC(=O)C1(C)COC1)c1nccs1. The fourth-order valence-electron chi connectivity index (χ4n) is 1.62. The van der Waals surface area contributed by atoms with Gasteiger partial charge in [-0.15, -0.1) is 11.3 Å². The van der Waals surface area contributed by atoms with Crippen LogP contribution in [0.3, 0.4) is 0 Å². The highest BCUT2D eigenvalue weighted by Gasteiger charge is 2.41. The van der Waals surface area contributed by atoms with Crippen LogP contribution in [0.4, 0.5) is 0 Å². The summed E-state index contributed by atoms with van der Waals surface area (Å²) < 4.78 is 5.09. The molecule has 1 N–H and O–H groups in total. The summed E-state index contributed by atoms with van der Waals surface area (Å²) in [6.45, 7) is 5.02. The number of aromatic nitrogens is 1. The Morgan fingerprint density at radius 3 is 2.94 bits per heavy atom. The molecule has 2 rings (SSSR count). The van der Waals surface area contributed by atoms with Crippen LogP contribution in [0.1, 0.15) is 31.3 Å². The molecule has 0 unspecified atom stereocenters. The van der Waals surface area contributed by atoms with E-state index in [1.54, 1.807) is 17.5 Å². The van der Waals surface area contributed by atoms with Gasteiger partial charge in [0.25, 0.3) is 0 Å². The van der Waals surface area contributed by atoms with Crippen molar-refractivity contribution in [2.75, 3.05) is 13.2 Å². The first-order valence-electron chi connectivity index (χ1n) is 5.44. The lowest BCUT2D eigenvalue weighted by atomic mass is 9.87. The lowest BCUT2D eigenvalue weighted by molar-refractivity contribution is -0.158. The normalized spacial score (nSPS) is 19.9. The number of nitrogens with one attached hydrogen (secondary N) is 1. The maximum atomic E-state index is 12.0. The van der Waals surface area contributed by atoms with Gasteiger partial charge in [0.15, 0.2) is 0 Å². The molecule has 16 heavy (non-hydrogen) atoms. The first-order valence-corrected chi connectivity index (χ1v) is 6.32. The average molecular weight is 240 g/mol. The molecular formula is C11H16N2O2S. The van der Waals surface area contributed by atoms with E-state index in [2.05, 4.69) is 10.3 Å². The molecule has 1 aliphatic rings. The molecule has 1 aliphatic heterocycles. The fraction of sp³-hybridized carbons (Fsp3) is 0.636. The molecule has 0 saturated carbocycles. The maximum absolute atomic E-state index is 12.0. The van der Waals surface area contributed by atoms with Gasteiger partial charge in [-0.25, -0.2) is 4.98 Å². The summed E-state index contributed by atoms with van der Waals surface area (Å²) in [4.78, 5) is 16.2. The minimum absolute atomic E-state index is 0.0323. The van der Waals surface area contributed by atoms with Gasteiger partial charge in [-0.1, -0.05) is 6.92 Å². The third kappa shape index (κ3) is 2.10. The van der Waals surface area contributed by atoms with Crippen molar-refractivity contribution in [1.82, 2.24) is 10.3 Å². The fourth-order valence-corrected chi connectivity index (χ4v) is 2.39. The van der Waals surface area contributed by atoms with Crippen molar-refractivity contribution in [1.29, 1.82) is 0 Å². The first kappa shape index (κ1) is 11.5. The van der Waals surface area contributed by atoms with Gasteiger partial charge in [-0.3, -0.25) is 4.79 Å². The van der Waals surface area contributed by atoms with E-state index in [0.29, 0.717) is 13.2 Å². The van der Waals surface area contributed by atoms with E-state index in [1.165, 1.54) is 0 Å². The highest BCUT2D eigenvalue weighted by atomic mass is 32.1. The van der Waals surface area contributed by atoms with Crippen LogP contribution in [0.2, 0.25) is 0 Å². The topological polar surface area (TPSA) is 51.2 Å². The minimum Gasteiger partial charge on any atom is -0.379 e. The lowest BCUT2D eigenvalue weighted by Crippen LogP contribution is -2.52. The van der Waals surface area contributed by atoms with Crippen LogP contribution in [0, 0.1) is 5.41 Å². The Morgan fingerprint density at radius 2 is 2.50 bits per heavy atom. The Labute approximate surface area is 99.0 Å². The smallest absolute Gasteiger partial charge is 0.231 e. The van der Waals surface area contributed by atoms with Gasteiger partial charge < -0.3 is 10.1 Å². The summed E-state index contributed by atoms with van der Waals surface area (Å²) in [5.74, 6) is 0.0702. The summed E-state index contributed by atoms with van der Waals surface area (Å²) >= 11 is 1.58. The largest absolute Gasteiger partial charge is 0.379 e. The number of thiazole rings is 1. The molecule has 0 spiro atoms. The second kappa shape index (κ2) is 4.51. The average Bonchev–Trinajstić information content (AvgIpc) is 2.75. The van der Waals surface area contributed by atoms with Crippen molar-refractivity contribution in [2.45, 2.75) is 26.3 Å². The predicted molar refractivity (Wildman–Crippen MR) is 62.2 cm³/mol. The standard InChI is InChI=1S/C11H16N2O2S/c1-3-8(9-12-4-5-16-9)13-10(14)11(2)6-15-7-11/h4-5,8H,3,6-7H2,1-2H3,(H,13,14)/t8-/m1/s1. The second-order valence-corrected chi connectivity index (χ2v) is 5.28. The third-order valence-corrected chi connectivity index (χ3v) is 3.74. The van der Waals surface area contributed by atoms with E-state index >= 15 is 0 Å². The molecule has 0 radical (unpaired) electrons. The Kier molecular flexibility index (Phi) is 3.25. The van der Waals surface area contributed by atoms with E-state index in [-0.39, 0.29) is 17.4 Å². The molecule has 5 heteroatoms. The number of hydrogen-bond acceptors (Lipinski definition) is 4. The Morgan fingerprint density at radius 1 is 1.75 bits per heavy atom. The highest BCUT2D eigenvalue weighted by molar-refractivity contribution is 7.09. The Hall–Kier alpha value is -0.940. The molecule has 0 aromatic carbocycles. The lowest BCUT2D eigenvalue weighted by Gasteiger charge is -2.37. The summed E-state index contributed by atoms with van der Waals surface area (Å²) in [6, 6.07) is 0.0323. The second-order valence-electron chi connectivity index (χ2n) is 4.36. The van der Waals surface area contributed by atoms with Gasteiger partial charge in [0.2, 0.25) is 5.91 Å². The molecule has 1 saturated heterocycles. The Bertz CT molecular complexity index is 360. The number of carbonyl (C=O) groups is 1. The number of carbonyl (C=O) groups excluding carboxylic acids is 1. The summed E-state index contributed by atoms with van der Waals surface area (Å²) in [7, 11) is 0. The van der Waals surface area contributed by atoms with Crippen molar-refractivity contribution >= 4 is 17.2 Å². The third-order valence-electron chi connectivity index (χ3n) is 2.85. The maximum Gasteiger partial charge on any atom is 0.231 e. The first-order chi connectivity index (χ1) is 7.65. The molecule has 0 bridgehead atoms. The number of rotatable bonds is 4. The molecule has 2 heterocycles. The van der Waals surface area contributed by atoms with Crippen LogP contribution in [-0.4, -0.2) is 24.1 Å². The quantitative estimate of drug-likeness (QED) is 0.872. The van der Waals surface area contributed by atoms with Gasteiger partial charge in [-0.05, 0) is 13.3 Å². The minimum atomic E-state index is -0.343. The zero-order valence-electron chi connectivity index (χ0n) is 9.53. The van der Waals surface area contributed by atoms with E-state index < -0.39 is 0 Å². The molecule has 1 aromatic heterocycles. The van der Waals surface area contributed by atoms with E-state index in [0.717, 1.165) is 11.4 Å². The van der Waals surface area contributed by atoms with Crippen LogP contribution in [-0.2, 0) is 9.53 Å². The molecule has 1 aromatic rings. The number of amides is 1. The van der Waals surface area contributed by atoms with Crippen molar-refractivity contribution < 1.29 is 9.53 Å². The van der Waals surface area contributed by atoms with Crippen molar-refractivity contribution in [2.24, 2.45) is 5.41 Å². The molecule has 1 atom stereocenters. The van der Waals surface area contributed by atoms with Gasteiger partial charge in [0.1, 0.15) is 5.01 Å². The van der Waals surface area contributed by atoms with Gasteiger partial charge in [0, 0.05) is 11.6 Å². The molecule has 4 nitrogen and oxygen atoms in total. The van der Waals surface area contributed by atoms with Gasteiger partial charge >= 0.3 is 0 Å². The molecule has 88 valence electrons. The Balaban J connectivity index is 1.99. The molecule has 1 fully saturated rings. The number of hydrogen-bond donors (Lipinski definition) is 1. The monoisotopic (exact) mass is 240 g/mol. The van der Waals surface area contributed by atoms with Crippen molar-refractivity contribution in [3.8, 4) is 0 Å². The number of ether oxygens (including phenoxy) is 1. The van der Waals surface area contributed by atoms with Crippen LogP contribution < -0.4 is 5.32 Å². The van der Waals surface area contributed by atoms with Crippen LogP contribution in [0.25, 0.3) is 0 Å². The van der Waals surface area contributed by atoms with Crippen LogP contribution in [0.15, 0.2) is 11.6 Å². The zero-order chi connectivity index (χ0) is 11.6. The van der Waals surface area contributed by atoms with Crippen LogP contribution in [0.5, 0.6) is 0 Å². The molecule has 1 amide bonds. The van der Waals surface area contributed by atoms with Gasteiger partial charge in [0.05, 0.1) is 24.7 Å². The van der Waals surface area contributed by atoms with E-state index in [9.17, 15) is 4.79 Å². The highest BCUT2D eigenvalue weighted by Crippen LogP contribution is 2.28. The van der Waals surface area contributed by atoms with Crippen molar-refractivity contribution in [3.63, 3.8) is 0 Å². The summed E-state index contributed by atoms with van der Waals surface area (Å²) in [5, 5.41) is 5.94. The van der Waals surface area contributed by atoms with Gasteiger partial charge in [-0.2, -0.15) is 0 Å². The molecule has 0 aliphatic carbocycles. The summed E-state index contributed by atoms with van der Waals surface area (Å²) in [5.41, 5.74) is -0.343. The van der Waals surface area contributed by atoms with E-state index in [1.807, 2.05) is 19.2 Å². The van der Waals surface area contributed by atoms with Crippen LogP contribution >= 0.6 is 11.3 Å². The van der Waals surface area contributed by atoms with E-state index in [4.69, 9.17) is 4.74 Å².